The highest BCUT2D eigenvalue weighted by atomic mass is 14.9. The van der Waals surface area contributed by atoms with Crippen molar-refractivity contribution < 1.29 is 0 Å². The predicted molar refractivity (Wildman–Crippen MR) is 70.4 cm³/mol. The van der Waals surface area contributed by atoms with Gasteiger partial charge in [0, 0.05) is 17.0 Å². The summed E-state index contributed by atoms with van der Waals surface area (Å²) in [5.41, 5.74) is 2.53. The molecular weight excluding hydrogens is 194 g/mol. The van der Waals surface area contributed by atoms with Gasteiger partial charge in [-0.05, 0) is 19.1 Å². The number of hydrogen-bond acceptors (Lipinski definition) is 0. The van der Waals surface area contributed by atoms with Crippen LogP contribution in [-0.4, -0.2) is 4.57 Å². The molecule has 2 aromatic carbocycles. The van der Waals surface area contributed by atoms with Crippen LogP contribution in [0.1, 0.15) is 6.92 Å². The van der Waals surface area contributed by atoms with Crippen molar-refractivity contribution in [3.05, 3.63) is 54.6 Å². The Morgan fingerprint density at radius 2 is 1.31 bits per heavy atom. The van der Waals surface area contributed by atoms with Crippen LogP contribution in [0.15, 0.2) is 54.6 Å². The minimum absolute atomic E-state index is 1.27. The van der Waals surface area contributed by atoms with Crippen molar-refractivity contribution >= 4 is 28.0 Å². The highest BCUT2D eigenvalue weighted by Gasteiger charge is 2.06. The van der Waals surface area contributed by atoms with Gasteiger partial charge < -0.3 is 4.57 Å². The summed E-state index contributed by atoms with van der Waals surface area (Å²) in [4.78, 5) is 0. The number of nitrogens with zero attached hydrogens (tertiary/aromatic N) is 1. The van der Waals surface area contributed by atoms with Gasteiger partial charge in [0.15, 0.2) is 0 Å². The lowest BCUT2D eigenvalue weighted by atomic mass is 10.2. The van der Waals surface area contributed by atoms with E-state index in [1.54, 1.807) is 0 Å². The SMILES string of the molecule is C/C=C\n1c2ccccc2c2ccccc21. The molecule has 0 spiro atoms. The molecule has 0 aliphatic heterocycles. The molecular formula is C15H13N. The summed E-state index contributed by atoms with van der Waals surface area (Å²) in [7, 11) is 0. The Balaban J connectivity index is 2.59. The largest absolute Gasteiger partial charge is 0.316 e. The molecule has 3 rings (SSSR count). The summed E-state index contributed by atoms with van der Waals surface area (Å²) < 4.78 is 2.24. The molecule has 0 aliphatic rings. The summed E-state index contributed by atoms with van der Waals surface area (Å²) >= 11 is 0. The fourth-order valence-electron chi connectivity index (χ4n) is 2.26. The second kappa shape index (κ2) is 3.53. The second-order valence-electron chi connectivity index (χ2n) is 3.89. The smallest absolute Gasteiger partial charge is 0.0534 e. The van der Waals surface area contributed by atoms with Crippen LogP contribution in [0.4, 0.5) is 0 Å². The van der Waals surface area contributed by atoms with Crippen LogP contribution in [0, 0.1) is 0 Å². The normalized spacial score (nSPS) is 11.8. The van der Waals surface area contributed by atoms with Crippen molar-refractivity contribution in [3.8, 4) is 0 Å². The van der Waals surface area contributed by atoms with Crippen molar-refractivity contribution in [2.45, 2.75) is 6.92 Å². The first-order valence-corrected chi connectivity index (χ1v) is 5.52. The molecule has 0 fully saturated rings. The van der Waals surface area contributed by atoms with E-state index >= 15 is 0 Å². The van der Waals surface area contributed by atoms with Gasteiger partial charge in [0.25, 0.3) is 0 Å². The molecule has 78 valence electrons. The van der Waals surface area contributed by atoms with E-state index in [1.807, 2.05) is 6.92 Å². The lowest BCUT2D eigenvalue weighted by Crippen LogP contribution is -1.83. The van der Waals surface area contributed by atoms with Crippen LogP contribution in [0.3, 0.4) is 0 Å². The fraction of sp³-hybridized carbons (Fsp3) is 0.0667. The Morgan fingerprint density at radius 1 is 0.812 bits per heavy atom. The quantitative estimate of drug-likeness (QED) is 0.561. The lowest BCUT2D eigenvalue weighted by molar-refractivity contribution is 1.28. The van der Waals surface area contributed by atoms with E-state index in [0.717, 1.165) is 0 Å². The van der Waals surface area contributed by atoms with Crippen LogP contribution < -0.4 is 0 Å². The van der Waals surface area contributed by atoms with E-state index in [0.29, 0.717) is 0 Å². The minimum Gasteiger partial charge on any atom is -0.316 e. The van der Waals surface area contributed by atoms with Crippen LogP contribution in [0.5, 0.6) is 0 Å². The second-order valence-corrected chi connectivity index (χ2v) is 3.89. The molecule has 1 nitrogen and oxygen atoms in total. The van der Waals surface area contributed by atoms with E-state index < -0.39 is 0 Å². The summed E-state index contributed by atoms with van der Waals surface area (Å²) in [6.45, 7) is 2.05. The molecule has 0 saturated heterocycles. The third kappa shape index (κ3) is 1.18. The van der Waals surface area contributed by atoms with Gasteiger partial charge in [-0.2, -0.15) is 0 Å². The number of aromatic nitrogens is 1. The molecule has 0 aliphatic carbocycles. The third-order valence-corrected chi connectivity index (χ3v) is 2.92. The summed E-state index contributed by atoms with van der Waals surface area (Å²) in [6, 6.07) is 17.0. The highest BCUT2D eigenvalue weighted by molar-refractivity contribution is 6.09. The summed E-state index contributed by atoms with van der Waals surface area (Å²) in [5.74, 6) is 0. The van der Waals surface area contributed by atoms with Crippen molar-refractivity contribution in [3.63, 3.8) is 0 Å². The Kier molecular flexibility index (Phi) is 2.03. The van der Waals surface area contributed by atoms with Crippen molar-refractivity contribution in [1.82, 2.24) is 4.57 Å². The Labute approximate surface area is 94.6 Å². The van der Waals surface area contributed by atoms with Crippen molar-refractivity contribution in [2.75, 3.05) is 0 Å². The summed E-state index contributed by atoms with van der Waals surface area (Å²) in [6.07, 6.45) is 4.18. The van der Waals surface area contributed by atoms with Gasteiger partial charge in [-0.1, -0.05) is 42.5 Å². The van der Waals surface area contributed by atoms with Gasteiger partial charge >= 0.3 is 0 Å². The minimum atomic E-state index is 1.27. The Bertz CT molecular complexity index is 621. The number of rotatable bonds is 1. The van der Waals surface area contributed by atoms with Crippen molar-refractivity contribution in [1.29, 1.82) is 0 Å². The van der Waals surface area contributed by atoms with E-state index in [4.69, 9.17) is 0 Å². The zero-order valence-electron chi connectivity index (χ0n) is 9.22. The van der Waals surface area contributed by atoms with Gasteiger partial charge in [-0.25, -0.2) is 0 Å². The molecule has 0 saturated carbocycles. The first-order valence-electron chi connectivity index (χ1n) is 5.52. The monoisotopic (exact) mass is 207 g/mol. The van der Waals surface area contributed by atoms with Crippen LogP contribution in [-0.2, 0) is 0 Å². The predicted octanol–water partition coefficient (Wildman–Crippen LogP) is 4.29. The highest BCUT2D eigenvalue weighted by Crippen LogP contribution is 2.28. The molecule has 0 amide bonds. The Hall–Kier alpha value is -2.02. The molecule has 1 aromatic heterocycles. The zero-order chi connectivity index (χ0) is 11.0. The maximum Gasteiger partial charge on any atom is 0.0534 e. The number of benzene rings is 2. The first-order chi connectivity index (χ1) is 7.92. The molecule has 1 heteroatoms. The molecule has 0 bridgehead atoms. The van der Waals surface area contributed by atoms with E-state index in [-0.39, 0.29) is 0 Å². The molecule has 0 atom stereocenters. The molecule has 16 heavy (non-hydrogen) atoms. The third-order valence-electron chi connectivity index (χ3n) is 2.92. The first kappa shape index (κ1) is 9.22. The average molecular weight is 207 g/mol. The van der Waals surface area contributed by atoms with Crippen LogP contribution >= 0.6 is 0 Å². The summed E-state index contributed by atoms with van der Waals surface area (Å²) in [5, 5.41) is 2.63. The van der Waals surface area contributed by atoms with E-state index in [2.05, 4.69) is 65.4 Å². The zero-order valence-corrected chi connectivity index (χ0v) is 9.22. The van der Waals surface area contributed by atoms with Gasteiger partial charge in [0.2, 0.25) is 0 Å². The molecule has 0 unspecified atom stereocenters. The number of para-hydroxylation sites is 2. The Morgan fingerprint density at radius 3 is 1.81 bits per heavy atom. The molecule has 0 radical (unpaired) electrons. The number of hydrogen-bond donors (Lipinski definition) is 0. The molecule has 3 aromatic rings. The maximum absolute atomic E-state index is 2.24. The van der Waals surface area contributed by atoms with Gasteiger partial charge in [0.05, 0.1) is 11.0 Å². The van der Waals surface area contributed by atoms with Crippen LogP contribution in [0.2, 0.25) is 0 Å². The van der Waals surface area contributed by atoms with Gasteiger partial charge in [-0.3, -0.25) is 0 Å². The molecule has 0 N–H and O–H groups in total. The lowest BCUT2D eigenvalue weighted by Gasteiger charge is -1.98. The van der Waals surface area contributed by atoms with Crippen molar-refractivity contribution in [2.24, 2.45) is 0 Å². The molecule has 1 heterocycles. The number of allylic oxidation sites excluding steroid dienone is 1. The van der Waals surface area contributed by atoms with Crippen LogP contribution in [0.25, 0.3) is 28.0 Å². The number of fused-ring (bicyclic) bond motifs is 3. The van der Waals surface area contributed by atoms with Gasteiger partial charge in [0.1, 0.15) is 0 Å². The maximum atomic E-state index is 2.24. The van der Waals surface area contributed by atoms with Gasteiger partial charge in [-0.15, -0.1) is 0 Å². The standard InChI is InChI=1S/C15H13N/c1-2-11-16-14-9-5-3-7-12(14)13-8-4-6-10-15(13)16/h2-11H,1H3/b11-2-. The average Bonchev–Trinajstić information content (AvgIpc) is 2.66. The van der Waals surface area contributed by atoms with E-state index in [9.17, 15) is 0 Å². The topological polar surface area (TPSA) is 4.93 Å². The van der Waals surface area contributed by atoms with E-state index in [1.165, 1.54) is 21.8 Å². The fourth-order valence-corrected chi connectivity index (χ4v) is 2.26.